The van der Waals surface area contributed by atoms with Crippen molar-refractivity contribution in [1.29, 1.82) is 0 Å². The van der Waals surface area contributed by atoms with Crippen LogP contribution >= 0.6 is 0 Å². The maximum Gasteiger partial charge on any atom is 0.0718 e. The molecule has 0 radical (unpaired) electrons. The van der Waals surface area contributed by atoms with Crippen LogP contribution in [0.1, 0.15) is 12.8 Å². The van der Waals surface area contributed by atoms with Crippen molar-refractivity contribution in [3.05, 3.63) is 10.4 Å². The lowest BCUT2D eigenvalue weighted by molar-refractivity contribution is 0.884. The number of hydrogen-bond acceptors (Lipinski definition) is 0. The molecule has 0 N–H and O–H groups in total. The van der Waals surface area contributed by atoms with Crippen molar-refractivity contribution >= 4 is 16.1 Å². The minimum Gasteiger partial charge on any atom is -0.0852 e. The average Bonchev–Trinajstić information content (AvgIpc) is 1.46. The minimum absolute atomic E-state index is 0.932. The van der Waals surface area contributed by atoms with Crippen molar-refractivity contribution < 1.29 is 0 Å². The van der Waals surface area contributed by atoms with Gasteiger partial charge in [-0.05, 0) is 12.8 Å². The quantitative estimate of drug-likeness (QED) is 0.592. The Morgan fingerprint density at radius 1 is 0.667 bits per heavy atom. The Bertz CT molecular complexity index is 189. The second kappa shape index (κ2) is 2.84. The van der Waals surface area contributed by atoms with Crippen LogP contribution in [-0.4, -0.2) is 16.1 Å². The molecule has 0 saturated heterocycles. The molecular formula is C10H22Si2. The van der Waals surface area contributed by atoms with Gasteiger partial charge in [-0.25, -0.2) is 0 Å². The predicted molar refractivity (Wildman–Crippen MR) is 63.0 cm³/mol. The van der Waals surface area contributed by atoms with Crippen LogP contribution < -0.4 is 0 Å². The zero-order valence-electron chi connectivity index (χ0n) is 9.41. The van der Waals surface area contributed by atoms with Gasteiger partial charge in [0.05, 0.1) is 16.1 Å². The van der Waals surface area contributed by atoms with E-state index in [0.717, 1.165) is 0 Å². The fraction of sp³-hybridized carbons (Fsp3) is 0.800. The summed E-state index contributed by atoms with van der Waals surface area (Å²) in [5, 5.41) is 3.81. The lowest BCUT2D eigenvalue weighted by Crippen LogP contribution is -2.38. The second-order valence-electron chi connectivity index (χ2n) is 5.96. The molecule has 0 bridgehead atoms. The van der Waals surface area contributed by atoms with Crippen LogP contribution in [0.4, 0.5) is 0 Å². The highest BCUT2D eigenvalue weighted by atomic mass is 28.3. The Morgan fingerprint density at radius 2 is 0.917 bits per heavy atom. The molecule has 0 fully saturated rings. The molecule has 0 unspecified atom stereocenters. The summed E-state index contributed by atoms with van der Waals surface area (Å²) in [6.45, 7) is 14.9. The molecule has 0 aromatic carbocycles. The van der Waals surface area contributed by atoms with E-state index in [2.05, 4.69) is 39.3 Å². The third-order valence-electron chi connectivity index (χ3n) is 2.80. The van der Waals surface area contributed by atoms with E-state index in [-0.39, 0.29) is 0 Å². The fourth-order valence-corrected chi connectivity index (χ4v) is 8.09. The van der Waals surface area contributed by atoms with E-state index in [1.807, 2.05) is 10.4 Å². The molecule has 0 aromatic heterocycles. The smallest absolute Gasteiger partial charge is 0.0718 e. The summed E-state index contributed by atoms with van der Waals surface area (Å²) in [7, 11) is -1.86. The molecule has 0 heterocycles. The normalized spacial score (nSPS) is 19.5. The second-order valence-corrected chi connectivity index (χ2v) is 16.2. The van der Waals surface area contributed by atoms with Gasteiger partial charge in [0, 0.05) is 0 Å². The number of hydrogen-bond donors (Lipinski definition) is 0. The van der Waals surface area contributed by atoms with Crippen LogP contribution in [0.15, 0.2) is 10.4 Å². The first kappa shape index (κ1) is 10.3. The Labute approximate surface area is 79.1 Å². The van der Waals surface area contributed by atoms with E-state index in [9.17, 15) is 0 Å². The van der Waals surface area contributed by atoms with Crippen molar-refractivity contribution in [2.45, 2.75) is 52.1 Å². The van der Waals surface area contributed by atoms with Crippen LogP contribution in [0.3, 0.4) is 0 Å². The van der Waals surface area contributed by atoms with Gasteiger partial charge < -0.3 is 0 Å². The lowest BCUT2D eigenvalue weighted by Gasteiger charge is -2.39. The summed E-state index contributed by atoms with van der Waals surface area (Å²) in [6.07, 6.45) is 2.85. The highest BCUT2D eigenvalue weighted by Crippen LogP contribution is 2.39. The van der Waals surface area contributed by atoms with Crippen molar-refractivity contribution in [3.8, 4) is 0 Å². The molecule has 1 aliphatic rings. The first-order valence-electron chi connectivity index (χ1n) is 4.96. The first-order valence-corrected chi connectivity index (χ1v) is 12.0. The van der Waals surface area contributed by atoms with E-state index in [0.29, 0.717) is 0 Å². The van der Waals surface area contributed by atoms with E-state index >= 15 is 0 Å². The van der Waals surface area contributed by atoms with Gasteiger partial charge in [-0.2, -0.15) is 0 Å². The molecule has 0 aromatic rings. The maximum absolute atomic E-state index is 2.49. The Hall–Kier alpha value is 0.174. The van der Waals surface area contributed by atoms with Gasteiger partial charge in [-0.1, -0.05) is 49.7 Å². The fourth-order valence-electron chi connectivity index (χ4n) is 2.03. The molecule has 1 rings (SSSR count). The summed E-state index contributed by atoms with van der Waals surface area (Å²) in [5.41, 5.74) is 0. The monoisotopic (exact) mass is 198 g/mol. The third kappa shape index (κ3) is 1.91. The molecular weight excluding hydrogens is 176 g/mol. The zero-order valence-corrected chi connectivity index (χ0v) is 11.4. The highest BCUT2D eigenvalue weighted by molar-refractivity contribution is 6.89. The van der Waals surface area contributed by atoms with Crippen LogP contribution in [0.2, 0.25) is 39.3 Å². The summed E-state index contributed by atoms with van der Waals surface area (Å²) >= 11 is 0. The SMILES string of the molecule is C[Si](C)(C)C1=C([Si](C)(C)C)CC1. The average molecular weight is 198 g/mol. The van der Waals surface area contributed by atoms with E-state index < -0.39 is 16.1 Å². The number of allylic oxidation sites excluding steroid dienone is 2. The van der Waals surface area contributed by atoms with Gasteiger partial charge >= 0.3 is 0 Å². The molecule has 0 nitrogen and oxygen atoms in total. The molecule has 0 spiro atoms. The van der Waals surface area contributed by atoms with Gasteiger partial charge in [-0.3, -0.25) is 0 Å². The third-order valence-corrected chi connectivity index (χ3v) is 7.77. The van der Waals surface area contributed by atoms with E-state index in [1.54, 1.807) is 0 Å². The van der Waals surface area contributed by atoms with Crippen LogP contribution in [-0.2, 0) is 0 Å². The largest absolute Gasteiger partial charge is 0.0852 e. The van der Waals surface area contributed by atoms with E-state index in [1.165, 1.54) is 12.8 Å². The van der Waals surface area contributed by atoms with Crippen LogP contribution in [0, 0.1) is 0 Å². The van der Waals surface area contributed by atoms with Gasteiger partial charge in [0.1, 0.15) is 0 Å². The van der Waals surface area contributed by atoms with Crippen LogP contribution in [0.25, 0.3) is 0 Å². The first-order chi connectivity index (χ1) is 5.23. The molecule has 1 aliphatic carbocycles. The molecule has 12 heavy (non-hydrogen) atoms. The molecule has 0 saturated carbocycles. The Morgan fingerprint density at radius 3 is 1.00 bits per heavy atom. The summed E-state index contributed by atoms with van der Waals surface area (Å²) in [5.74, 6) is 0. The predicted octanol–water partition coefficient (Wildman–Crippen LogP) is 3.83. The van der Waals surface area contributed by atoms with Crippen molar-refractivity contribution in [1.82, 2.24) is 0 Å². The molecule has 0 aliphatic heterocycles. The van der Waals surface area contributed by atoms with Crippen molar-refractivity contribution in [2.75, 3.05) is 0 Å². The van der Waals surface area contributed by atoms with Crippen LogP contribution in [0.5, 0.6) is 0 Å². The highest BCUT2D eigenvalue weighted by Gasteiger charge is 2.34. The Balaban J connectivity index is 2.94. The summed E-state index contributed by atoms with van der Waals surface area (Å²) < 4.78 is 0. The van der Waals surface area contributed by atoms with Gasteiger partial charge in [-0.15, -0.1) is 0 Å². The van der Waals surface area contributed by atoms with Gasteiger partial charge in [0.15, 0.2) is 0 Å². The van der Waals surface area contributed by atoms with Gasteiger partial charge in [0.25, 0.3) is 0 Å². The number of rotatable bonds is 2. The van der Waals surface area contributed by atoms with Crippen molar-refractivity contribution in [3.63, 3.8) is 0 Å². The molecule has 70 valence electrons. The molecule has 0 amide bonds. The topological polar surface area (TPSA) is 0 Å². The maximum atomic E-state index is 2.49. The molecule has 2 heteroatoms. The zero-order chi connectivity index (χ0) is 9.57. The lowest BCUT2D eigenvalue weighted by atomic mass is 10.1. The van der Waals surface area contributed by atoms with Crippen molar-refractivity contribution in [2.24, 2.45) is 0 Å². The molecule has 0 atom stereocenters. The standard InChI is InChI=1S/C10H22Si2/c1-11(2,3)9-7-8-10(9)12(4,5)6/h7-8H2,1-6H3. The van der Waals surface area contributed by atoms with E-state index in [4.69, 9.17) is 0 Å². The summed E-state index contributed by atoms with van der Waals surface area (Å²) in [4.78, 5) is 0. The Kier molecular flexibility index (Phi) is 2.43. The van der Waals surface area contributed by atoms with Gasteiger partial charge in [0.2, 0.25) is 0 Å². The summed E-state index contributed by atoms with van der Waals surface area (Å²) in [6, 6.07) is 0. The minimum atomic E-state index is -0.932.